The van der Waals surface area contributed by atoms with Crippen molar-refractivity contribution in [3.63, 3.8) is 0 Å². The average Bonchev–Trinajstić information content (AvgIpc) is 2.91. The predicted molar refractivity (Wildman–Crippen MR) is 67.8 cm³/mol. The molecule has 0 fully saturated rings. The van der Waals surface area contributed by atoms with E-state index < -0.39 is 29.6 Å². The number of benzene rings is 1. The Balaban J connectivity index is 2.17. The minimum atomic E-state index is -1.32. The molecule has 3 N–H and O–H groups in total. The minimum absolute atomic E-state index is 0.281. The molecule has 0 saturated carbocycles. The molecule has 1 aromatic heterocycles. The van der Waals surface area contributed by atoms with Gasteiger partial charge < -0.3 is 15.4 Å². The zero-order valence-electron chi connectivity index (χ0n) is 10.9. The van der Waals surface area contributed by atoms with Crippen LogP contribution in [0.1, 0.15) is 39.5 Å². The van der Waals surface area contributed by atoms with Gasteiger partial charge in [0.05, 0.1) is 12.4 Å². The molecule has 6 nitrogen and oxygen atoms in total. The molecule has 0 spiro atoms. The van der Waals surface area contributed by atoms with Gasteiger partial charge in [-0.15, -0.1) is 0 Å². The van der Waals surface area contributed by atoms with Crippen molar-refractivity contribution >= 4 is 11.9 Å². The molecule has 2 aromatic rings. The summed E-state index contributed by atoms with van der Waals surface area (Å²) in [5, 5.41) is 11.3. The number of carboxylic acids is 1. The van der Waals surface area contributed by atoms with Crippen LogP contribution in [0.3, 0.4) is 0 Å². The number of nitrogens with one attached hydrogen (secondary N) is 2. The van der Waals surface area contributed by atoms with Gasteiger partial charge in [-0.05, 0) is 24.6 Å². The summed E-state index contributed by atoms with van der Waals surface area (Å²) in [5.74, 6) is -4.07. The first-order chi connectivity index (χ1) is 9.90. The van der Waals surface area contributed by atoms with Crippen LogP contribution < -0.4 is 5.32 Å². The van der Waals surface area contributed by atoms with Crippen LogP contribution in [0.4, 0.5) is 8.78 Å². The molecule has 8 heteroatoms. The third kappa shape index (κ3) is 3.04. The number of aromatic carboxylic acids is 1. The fourth-order valence-corrected chi connectivity index (χ4v) is 1.76. The Morgan fingerprint density at radius 3 is 2.67 bits per heavy atom. The molecule has 0 aliphatic rings. The number of hydrogen-bond donors (Lipinski definition) is 3. The summed E-state index contributed by atoms with van der Waals surface area (Å²) < 4.78 is 26.0. The summed E-state index contributed by atoms with van der Waals surface area (Å²) in [7, 11) is 0. The standard InChI is InChI=1S/C13H11F2N3O3/c1-6(7-2-3-8(14)9(15)4-7)18-12(19)10-11(13(20)21)17-5-16-10/h2-6H,1H3,(H,16,17)(H,18,19)(H,20,21). The Labute approximate surface area is 117 Å². The zero-order chi connectivity index (χ0) is 15.6. The molecule has 1 atom stereocenters. The highest BCUT2D eigenvalue weighted by molar-refractivity contribution is 6.02. The number of hydrogen-bond acceptors (Lipinski definition) is 3. The topological polar surface area (TPSA) is 95.1 Å². The maximum absolute atomic E-state index is 13.1. The van der Waals surface area contributed by atoms with Gasteiger partial charge in [-0.2, -0.15) is 0 Å². The third-order valence-corrected chi connectivity index (χ3v) is 2.86. The van der Waals surface area contributed by atoms with E-state index in [2.05, 4.69) is 15.3 Å². The number of imidazole rings is 1. The van der Waals surface area contributed by atoms with Gasteiger partial charge in [0.2, 0.25) is 0 Å². The summed E-state index contributed by atoms with van der Waals surface area (Å²) >= 11 is 0. The van der Waals surface area contributed by atoms with Gasteiger partial charge in [-0.25, -0.2) is 18.6 Å². The number of carbonyl (C=O) groups is 2. The van der Waals surface area contributed by atoms with Gasteiger partial charge in [0, 0.05) is 0 Å². The highest BCUT2D eigenvalue weighted by atomic mass is 19.2. The molecule has 21 heavy (non-hydrogen) atoms. The molecule has 0 radical (unpaired) electrons. The summed E-state index contributed by atoms with van der Waals surface area (Å²) in [5.41, 5.74) is -0.281. The lowest BCUT2D eigenvalue weighted by atomic mass is 10.1. The van der Waals surface area contributed by atoms with Crippen molar-refractivity contribution in [2.45, 2.75) is 13.0 Å². The summed E-state index contributed by atoms with van der Waals surface area (Å²) in [4.78, 5) is 28.8. The lowest BCUT2D eigenvalue weighted by Crippen LogP contribution is -2.28. The Kier molecular flexibility index (Phi) is 3.97. The van der Waals surface area contributed by atoms with E-state index in [1.165, 1.54) is 6.07 Å². The van der Waals surface area contributed by atoms with E-state index in [0.29, 0.717) is 5.56 Å². The Hall–Kier alpha value is -2.77. The van der Waals surface area contributed by atoms with Crippen molar-refractivity contribution in [2.75, 3.05) is 0 Å². The molecule has 0 bridgehead atoms. The lowest BCUT2D eigenvalue weighted by Gasteiger charge is -2.14. The van der Waals surface area contributed by atoms with Crippen molar-refractivity contribution < 1.29 is 23.5 Å². The van der Waals surface area contributed by atoms with E-state index in [-0.39, 0.29) is 11.4 Å². The van der Waals surface area contributed by atoms with E-state index in [9.17, 15) is 18.4 Å². The zero-order valence-corrected chi connectivity index (χ0v) is 10.9. The van der Waals surface area contributed by atoms with E-state index in [0.717, 1.165) is 18.5 Å². The van der Waals surface area contributed by atoms with Gasteiger partial charge in [0.25, 0.3) is 5.91 Å². The monoisotopic (exact) mass is 295 g/mol. The van der Waals surface area contributed by atoms with Crippen molar-refractivity contribution in [3.05, 3.63) is 53.1 Å². The Morgan fingerprint density at radius 2 is 2.05 bits per heavy atom. The maximum Gasteiger partial charge on any atom is 0.354 e. The molecule has 2 rings (SSSR count). The normalized spacial score (nSPS) is 12.0. The van der Waals surface area contributed by atoms with Gasteiger partial charge in [0.15, 0.2) is 23.0 Å². The smallest absolute Gasteiger partial charge is 0.354 e. The van der Waals surface area contributed by atoms with Gasteiger partial charge in [0.1, 0.15) is 0 Å². The first kappa shape index (κ1) is 14.6. The van der Waals surface area contributed by atoms with E-state index in [1.54, 1.807) is 6.92 Å². The number of H-pyrrole nitrogens is 1. The van der Waals surface area contributed by atoms with Gasteiger partial charge >= 0.3 is 5.97 Å². The molecule has 0 saturated heterocycles. The number of amides is 1. The molecule has 1 unspecified atom stereocenters. The van der Waals surface area contributed by atoms with Crippen molar-refractivity contribution in [1.82, 2.24) is 15.3 Å². The van der Waals surface area contributed by atoms with E-state index in [4.69, 9.17) is 5.11 Å². The summed E-state index contributed by atoms with van der Waals surface area (Å²) in [6.45, 7) is 1.55. The molecule has 110 valence electrons. The van der Waals surface area contributed by atoms with Crippen LogP contribution in [0, 0.1) is 11.6 Å². The quantitative estimate of drug-likeness (QED) is 0.802. The predicted octanol–water partition coefficient (Wildman–Crippen LogP) is 1.88. The number of halogens is 2. The number of carboxylic acid groups (broad SMARTS) is 1. The fraction of sp³-hybridized carbons (Fsp3) is 0.154. The SMILES string of the molecule is CC(NC(=O)c1nc[nH]c1C(=O)O)c1ccc(F)c(F)c1. The second kappa shape index (κ2) is 5.70. The number of carbonyl (C=O) groups excluding carboxylic acids is 1. The molecule has 1 heterocycles. The number of rotatable bonds is 4. The summed E-state index contributed by atoms with van der Waals surface area (Å²) in [6, 6.07) is 2.59. The second-order valence-corrected chi connectivity index (χ2v) is 4.30. The number of nitrogens with zero attached hydrogens (tertiary/aromatic N) is 1. The minimum Gasteiger partial charge on any atom is -0.477 e. The van der Waals surface area contributed by atoms with Crippen LogP contribution in [-0.4, -0.2) is 27.0 Å². The fourth-order valence-electron chi connectivity index (χ4n) is 1.76. The lowest BCUT2D eigenvalue weighted by molar-refractivity contribution is 0.0684. The molecule has 0 aliphatic carbocycles. The van der Waals surface area contributed by atoms with E-state index in [1.807, 2.05) is 0 Å². The Bertz CT molecular complexity index is 700. The van der Waals surface area contributed by atoms with E-state index >= 15 is 0 Å². The number of aromatic nitrogens is 2. The first-order valence-corrected chi connectivity index (χ1v) is 5.92. The van der Waals surface area contributed by atoms with Crippen LogP contribution >= 0.6 is 0 Å². The largest absolute Gasteiger partial charge is 0.477 e. The molecule has 1 aromatic carbocycles. The third-order valence-electron chi connectivity index (χ3n) is 2.86. The second-order valence-electron chi connectivity index (χ2n) is 4.30. The highest BCUT2D eigenvalue weighted by Gasteiger charge is 2.21. The first-order valence-electron chi connectivity index (χ1n) is 5.92. The van der Waals surface area contributed by atoms with Gasteiger partial charge in [-0.1, -0.05) is 6.07 Å². The van der Waals surface area contributed by atoms with Crippen LogP contribution in [-0.2, 0) is 0 Å². The van der Waals surface area contributed by atoms with Gasteiger partial charge in [-0.3, -0.25) is 4.79 Å². The molecule has 1 amide bonds. The van der Waals surface area contributed by atoms with Crippen LogP contribution in [0.5, 0.6) is 0 Å². The number of aromatic amines is 1. The molecular formula is C13H11F2N3O3. The van der Waals surface area contributed by atoms with Crippen molar-refractivity contribution in [3.8, 4) is 0 Å². The average molecular weight is 295 g/mol. The molecule has 0 aliphatic heterocycles. The maximum atomic E-state index is 13.1. The Morgan fingerprint density at radius 1 is 1.33 bits per heavy atom. The molecular weight excluding hydrogens is 284 g/mol. The van der Waals surface area contributed by atoms with Crippen LogP contribution in [0.15, 0.2) is 24.5 Å². The van der Waals surface area contributed by atoms with Crippen molar-refractivity contribution in [1.29, 1.82) is 0 Å². The van der Waals surface area contributed by atoms with Crippen LogP contribution in [0.2, 0.25) is 0 Å². The highest BCUT2D eigenvalue weighted by Crippen LogP contribution is 2.16. The summed E-state index contributed by atoms with van der Waals surface area (Å²) in [6.07, 6.45) is 1.08. The van der Waals surface area contributed by atoms with Crippen molar-refractivity contribution in [2.24, 2.45) is 0 Å². The van der Waals surface area contributed by atoms with Crippen LogP contribution in [0.25, 0.3) is 0 Å².